The first-order valence-electron chi connectivity index (χ1n) is 16.2. The Labute approximate surface area is 331 Å². The number of H-pyrrole nitrogens is 3. The Hall–Kier alpha value is -6.70. The monoisotopic (exact) mass is 894 g/mol. The fourth-order valence-corrected chi connectivity index (χ4v) is 5.08. The minimum Gasteiger partial charge on any atom is -0.255 e. The summed E-state index contributed by atoms with van der Waals surface area (Å²) < 4.78 is 112. The van der Waals surface area contributed by atoms with Gasteiger partial charge in [-0.3, -0.25) is 15.3 Å². The molecule has 0 spiro atoms. The molecular formula is C36H21F9N12Ru. The predicted octanol–water partition coefficient (Wildman–Crippen LogP) is 9.11. The van der Waals surface area contributed by atoms with Gasteiger partial charge >= 0.3 is 18.5 Å². The molecule has 3 N–H and O–H groups in total. The number of benzene rings is 3. The van der Waals surface area contributed by atoms with Crippen LogP contribution in [0.5, 0.6) is 0 Å². The predicted molar refractivity (Wildman–Crippen MR) is 186 cm³/mol. The minimum atomic E-state index is -4.54. The summed E-state index contributed by atoms with van der Waals surface area (Å²) in [6.45, 7) is 0. The zero-order valence-electron chi connectivity index (χ0n) is 28.7. The van der Waals surface area contributed by atoms with Crippen molar-refractivity contribution in [1.82, 2.24) is 60.5 Å². The number of aromatic amines is 3. The zero-order valence-corrected chi connectivity index (χ0v) is 30.4. The second kappa shape index (κ2) is 16.4. The quantitative estimate of drug-likeness (QED) is 0.116. The fraction of sp³-hybridized carbons (Fsp3) is 0.0833. The van der Waals surface area contributed by atoms with Crippen LogP contribution in [0.2, 0.25) is 0 Å². The Morgan fingerprint density at radius 3 is 0.828 bits per heavy atom. The van der Waals surface area contributed by atoms with Gasteiger partial charge in [0.2, 0.25) is 17.5 Å². The van der Waals surface area contributed by atoms with E-state index in [9.17, 15) is 39.5 Å². The van der Waals surface area contributed by atoms with Crippen LogP contribution in [0.15, 0.2) is 109 Å². The van der Waals surface area contributed by atoms with Crippen LogP contribution in [-0.2, 0) is 38.0 Å². The van der Waals surface area contributed by atoms with Gasteiger partial charge in [0.05, 0.1) is 16.6 Å². The maximum atomic E-state index is 12.4. The van der Waals surface area contributed by atoms with E-state index in [4.69, 9.17) is 0 Å². The number of hydrogen-bond donors (Lipinski definition) is 3. The second-order valence-electron chi connectivity index (χ2n) is 11.7. The number of fused-ring (bicyclic) bond motifs is 3. The average Bonchev–Trinajstić information content (AvgIpc) is 4.00. The van der Waals surface area contributed by atoms with Crippen molar-refractivity contribution in [2.45, 2.75) is 18.5 Å². The number of hydrogen-bond acceptors (Lipinski definition) is 9. The van der Waals surface area contributed by atoms with Crippen molar-refractivity contribution in [2.75, 3.05) is 0 Å². The molecule has 9 rings (SSSR count). The number of pyridine rings is 3. The van der Waals surface area contributed by atoms with Crippen LogP contribution in [0, 0.1) is 0 Å². The van der Waals surface area contributed by atoms with Gasteiger partial charge < -0.3 is 0 Å². The summed E-state index contributed by atoms with van der Waals surface area (Å²) in [4.78, 5) is 22.9. The van der Waals surface area contributed by atoms with Crippen molar-refractivity contribution in [3.8, 4) is 34.6 Å². The molecule has 0 saturated heterocycles. The number of para-hydroxylation sites is 3. The summed E-state index contributed by atoms with van der Waals surface area (Å²) in [7, 11) is 0. The number of alkyl halides is 9. The third kappa shape index (κ3) is 9.45. The molecule has 0 fully saturated rings. The molecule has 0 saturated carbocycles. The van der Waals surface area contributed by atoms with E-state index < -0.39 is 36.0 Å². The van der Waals surface area contributed by atoms with Gasteiger partial charge in [0, 0.05) is 35.6 Å². The SMILES string of the molecule is FC(F)(F)c1nc(-c2ccc3ccccc3n2)n[nH]1.FC(F)(F)c1nc(-c2ccc3ccccc3n2)n[nH]1.FC(F)(F)c1nc(-c2ccc3ccccc3n2)n[nH]1.[Ru]. The van der Waals surface area contributed by atoms with Gasteiger partial charge in [0.15, 0.2) is 17.5 Å². The van der Waals surface area contributed by atoms with Crippen molar-refractivity contribution in [2.24, 2.45) is 0 Å². The Morgan fingerprint density at radius 1 is 0.328 bits per heavy atom. The zero-order chi connectivity index (χ0) is 40.4. The van der Waals surface area contributed by atoms with E-state index in [2.05, 4.69) is 45.2 Å². The van der Waals surface area contributed by atoms with Gasteiger partial charge in [0.25, 0.3) is 0 Å². The molecular weight excluding hydrogens is 873 g/mol. The molecule has 6 heterocycles. The Balaban J connectivity index is 0.000000145. The topological polar surface area (TPSA) is 163 Å². The molecule has 6 aromatic heterocycles. The summed E-state index contributed by atoms with van der Waals surface area (Å²) >= 11 is 0. The normalized spacial score (nSPS) is 11.7. The molecule has 0 aliphatic rings. The maximum absolute atomic E-state index is 12.4. The van der Waals surface area contributed by atoms with E-state index in [-0.39, 0.29) is 37.0 Å². The largest absolute Gasteiger partial charge is 0.451 e. The standard InChI is InChI=1S/3C12H7F3N4.Ru/c3*13-12(14,15)11-17-10(18-19-11)9-6-5-7-3-1-2-4-8(7)16-9;/h3*1-6H,(H,17,18,19);. The third-order valence-corrected chi connectivity index (χ3v) is 7.74. The van der Waals surface area contributed by atoms with Gasteiger partial charge in [0.1, 0.15) is 17.1 Å². The van der Waals surface area contributed by atoms with E-state index in [1.54, 1.807) is 72.8 Å². The van der Waals surface area contributed by atoms with Gasteiger partial charge in [-0.25, -0.2) is 29.9 Å². The van der Waals surface area contributed by atoms with E-state index in [0.29, 0.717) is 33.6 Å². The average molecular weight is 894 g/mol. The van der Waals surface area contributed by atoms with Gasteiger partial charge in [-0.1, -0.05) is 72.8 Å². The number of halogens is 9. The molecule has 0 unspecified atom stereocenters. The first-order chi connectivity index (χ1) is 27.1. The van der Waals surface area contributed by atoms with E-state index >= 15 is 0 Å². The molecule has 12 nitrogen and oxygen atoms in total. The van der Waals surface area contributed by atoms with Crippen molar-refractivity contribution in [3.63, 3.8) is 0 Å². The Bertz CT molecular complexity index is 2510. The fourth-order valence-electron chi connectivity index (χ4n) is 5.08. The van der Waals surface area contributed by atoms with Gasteiger partial charge in [-0.05, 0) is 36.4 Å². The van der Waals surface area contributed by atoms with Gasteiger partial charge in [-0.2, -0.15) is 54.8 Å². The van der Waals surface area contributed by atoms with Crippen LogP contribution in [0.25, 0.3) is 67.3 Å². The van der Waals surface area contributed by atoms with Crippen molar-refractivity contribution < 1.29 is 59.0 Å². The Morgan fingerprint density at radius 2 is 0.586 bits per heavy atom. The molecule has 296 valence electrons. The summed E-state index contributed by atoms with van der Waals surface area (Å²) in [6.07, 6.45) is -13.6. The summed E-state index contributed by atoms with van der Waals surface area (Å²) in [5.41, 5.74) is 2.93. The number of nitrogens with zero attached hydrogens (tertiary/aromatic N) is 9. The molecule has 58 heavy (non-hydrogen) atoms. The van der Waals surface area contributed by atoms with Crippen LogP contribution < -0.4 is 0 Å². The Kier molecular flexibility index (Phi) is 11.6. The number of aromatic nitrogens is 12. The van der Waals surface area contributed by atoms with E-state index in [1.807, 2.05) is 51.7 Å². The molecule has 0 bridgehead atoms. The molecule has 0 radical (unpaired) electrons. The van der Waals surface area contributed by atoms with Crippen molar-refractivity contribution >= 4 is 32.7 Å². The summed E-state index contributed by atoms with van der Waals surface area (Å²) in [5.74, 6) is -3.60. The molecule has 0 aliphatic heterocycles. The maximum Gasteiger partial charge on any atom is 0.451 e. The minimum absolute atomic E-state index is 0. The number of rotatable bonds is 3. The van der Waals surface area contributed by atoms with Crippen molar-refractivity contribution in [1.29, 1.82) is 0 Å². The molecule has 0 atom stereocenters. The van der Waals surface area contributed by atoms with Crippen LogP contribution >= 0.6 is 0 Å². The summed E-state index contributed by atoms with van der Waals surface area (Å²) in [5, 5.41) is 18.9. The molecule has 0 amide bonds. The molecule has 22 heteroatoms. The molecule has 9 aromatic rings. The van der Waals surface area contributed by atoms with Crippen LogP contribution in [-0.4, -0.2) is 60.5 Å². The van der Waals surface area contributed by atoms with Crippen LogP contribution in [0.4, 0.5) is 39.5 Å². The van der Waals surface area contributed by atoms with E-state index in [0.717, 1.165) is 16.2 Å². The molecule has 3 aromatic carbocycles. The van der Waals surface area contributed by atoms with E-state index in [1.165, 1.54) is 0 Å². The third-order valence-electron chi connectivity index (χ3n) is 7.74. The summed E-state index contributed by atoms with van der Waals surface area (Å²) in [6, 6.07) is 32.0. The van der Waals surface area contributed by atoms with Crippen molar-refractivity contribution in [3.05, 3.63) is 127 Å². The first-order valence-corrected chi connectivity index (χ1v) is 16.2. The first kappa shape index (κ1) is 41.0. The smallest absolute Gasteiger partial charge is 0.255 e. The van der Waals surface area contributed by atoms with Crippen LogP contribution in [0.3, 0.4) is 0 Å². The number of nitrogens with one attached hydrogen (secondary N) is 3. The second-order valence-corrected chi connectivity index (χ2v) is 11.7. The van der Waals surface area contributed by atoms with Gasteiger partial charge in [-0.15, -0.1) is 0 Å². The van der Waals surface area contributed by atoms with Crippen LogP contribution in [0.1, 0.15) is 17.5 Å². The molecule has 0 aliphatic carbocycles.